The van der Waals surface area contributed by atoms with E-state index in [0.717, 1.165) is 24.9 Å². The highest BCUT2D eigenvalue weighted by Gasteiger charge is 2.25. The van der Waals surface area contributed by atoms with Crippen molar-refractivity contribution in [3.8, 4) is 0 Å². The van der Waals surface area contributed by atoms with Gasteiger partial charge < -0.3 is 0 Å². The van der Waals surface area contributed by atoms with Crippen molar-refractivity contribution in [3.05, 3.63) is 54.1 Å². The fourth-order valence-electron chi connectivity index (χ4n) is 2.75. The van der Waals surface area contributed by atoms with Crippen LogP contribution in [0.15, 0.2) is 58.3 Å². The molecule has 7 nitrogen and oxygen atoms in total. The van der Waals surface area contributed by atoms with Gasteiger partial charge in [0.1, 0.15) is 4.90 Å². The second-order valence-electron chi connectivity index (χ2n) is 6.25. The zero-order valence-corrected chi connectivity index (χ0v) is 16.5. The average molecular weight is 409 g/mol. The molecule has 3 rings (SSSR count). The van der Waals surface area contributed by atoms with Crippen molar-refractivity contribution in [3.63, 3.8) is 0 Å². The number of hydrogen-bond acceptors (Lipinski definition) is 4. The van der Waals surface area contributed by atoms with E-state index in [1.807, 2.05) is 6.92 Å². The third-order valence-electron chi connectivity index (χ3n) is 4.24. The van der Waals surface area contributed by atoms with E-state index in [-0.39, 0.29) is 15.5 Å². The molecule has 2 aromatic rings. The zero-order chi connectivity index (χ0) is 19.5. The van der Waals surface area contributed by atoms with Gasteiger partial charge in [0.05, 0.1) is 23.5 Å². The Balaban J connectivity index is 1.82. The molecule has 0 bridgehead atoms. The molecule has 0 radical (unpaired) electrons. The molecule has 9 heteroatoms. The number of amidine groups is 1. The van der Waals surface area contributed by atoms with Crippen LogP contribution in [-0.2, 0) is 26.5 Å². The summed E-state index contributed by atoms with van der Waals surface area (Å²) in [5, 5.41) is 0. The molecule has 0 aromatic heterocycles. The standard InChI is InChI=1S/C18H21N3O4S2/c1-2-14-8-10-16(11-9-14)26(22,23)20-15-5-3-6-17(13-15)27(24,25)21-18-7-4-12-19-18/h3,5-6,8-11,13,20H,2,4,7,12H2,1H3,(H,19,21)/p+1. The molecule has 0 spiro atoms. The van der Waals surface area contributed by atoms with Crippen LogP contribution in [0.2, 0.25) is 0 Å². The van der Waals surface area contributed by atoms with Crippen LogP contribution in [0.4, 0.5) is 5.69 Å². The first-order valence-corrected chi connectivity index (χ1v) is 11.6. The van der Waals surface area contributed by atoms with E-state index in [2.05, 4.69) is 14.4 Å². The fourth-order valence-corrected chi connectivity index (χ4v) is 4.95. The Morgan fingerprint density at radius 3 is 2.26 bits per heavy atom. The van der Waals surface area contributed by atoms with E-state index in [1.54, 1.807) is 12.1 Å². The van der Waals surface area contributed by atoms with Crippen molar-refractivity contribution in [1.82, 2.24) is 4.72 Å². The highest BCUT2D eigenvalue weighted by molar-refractivity contribution is 7.92. The maximum atomic E-state index is 12.6. The van der Waals surface area contributed by atoms with Gasteiger partial charge in [0.2, 0.25) is 0 Å². The zero-order valence-electron chi connectivity index (χ0n) is 14.9. The summed E-state index contributed by atoms with van der Waals surface area (Å²) < 4.78 is 55.0. The summed E-state index contributed by atoms with van der Waals surface area (Å²) in [6.45, 7) is 2.72. The van der Waals surface area contributed by atoms with E-state index in [4.69, 9.17) is 0 Å². The summed E-state index contributed by atoms with van der Waals surface area (Å²) in [6, 6.07) is 12.3. The second-order valence-corrected chi connectivity index (χ2v) is 9.61. The Labute approximate surface area is 159 Å². The Bertz CT molecular complexity index is 1060. The first-order valence-electron chi connectivity index (χ1n) is 8.64. The number of rotatable bonds is 6. The van der Waals surface area contributed by atoms with Gasteiger partial charge in [-0.15, -0.1) is 0 Å². The Morgan fingerprint density at radius 2 is 1.63 bits per heavy atom. The first-order chi connectivity index (χ1) is 12.8. The molecule has 0 saturated heterocycles. The predicted octanol–water partition coefficient (Wildman–Crippen LogP) is 0.601. The Hall–Kier alpha value is -2.39. The molecule has 1 heterocycles. The third kappa shape index (κ3) is 4.67. The molecule has 0 fully saturated rings. The molecule has 0 aliphatic carbocycles. The third-order valence-corrected chi connectivity index (χ3v) is 7.02. The summed E-state index contributed by atoms with van der Waals surface area (Å²) in [5.74, 6) is 0.553. The first kappa shape index (κ1) is 19.4. The molecule has 0 unspecified atom stereocenters. The smallest absolute Gasteiger partial charge is 0.280 e. The monoisotopic (exact) mass is 408 g/mol. The van der Waals surface area contributed by atoms with Gasteiger partial charge in [-0.1, -0.05) is 25.1 Å². The lowest BCUT2D eigenvalue weighted by Gasteiger charge is -2.10. The van der Waals surface area contributed by atoms with E-state index >= 15 is 0 Å². The highest BCUT2D eigenvalue weighted by atomic mass is 32.2. The van der Waals surface area contributed by atoms with Crippen molar-refractivity contribution in [1.29, 1.82) is 0 Å². The maximum Gasteiger partial charge on any atom is 0.328 e. The van der Waals surface area contributed by atoms with Crippen LogP contribution in [0.1, 0.15) is 25.3 Å². The van der Waals surface area contributed by atoms with E-state index in [9.17, 15) is 16.8 Å². The molecule has 27 heavy (non-hydrogen) atoms. The minimum Gasteiger partial charge on any atom is -0.280 e. The molecule has 1 aliphatic heterocycles. The van der Waals surface area contributed by atoms with Crippen molar-refractivity contribution in [2.24, 2.45) is 0 Å². The molecule has 0 atom stereocenters. The molecular weight excluding hydrogens is 386 g/mol. The summed E-state index contributed by atoms with van der Waals surface area (Å²) in [6.07, 6.45) is 2.32. The van der Waals surface area contributed by atoms with Crippen LogP contribution in [0.5, 0.6) is 0 Å². The van der Waals surface area contributed by atoms with Gasteiger partial charge in [-0.2, -0.15) is 13.1 Å². The number of anilines is 1. The van der Waals surface area contributed by atoms with Gasteiger partial charge in [0.15, 0.2) is 0 Å². The highest BCUT2D eigenvalue weighted by Crippen LogP contribution is 2.20. The minimum atomic E-state index is -3.81. The van der Waals surface area contributed by atoms with Crippen molar-refractivity contribution in [2.45, 2.75) is 36.0 Å². The van der Waals surface area contributed by atoms with Gasteiger partial charge in [0, 0.05) is 0 Å². The van der Waals surface area contributed by atoms with Crippen molar-refractivity contribution >= 4 is 31.6 Å². The average Bonchev–Trinajstić information content (AvgIpc) is 3.14. The lowest BCUT2D eigenvalue weighted by atomic mass is 10.2. The fraction of sp³-hybridized carbons (Fsp3) is 0.278. The summed E-state index contributed by atoms with van der Waals surface area (Å²) in [7, 11) is -7.59. The van der Waals surface area contributed by atoms with Crippen LogP contribution in [0, 0.1) is 0 Å². The number of sulfonamides is 2. The lowest BCUT2D eigenvalue weighted by Crippen LogP contribution is -2.72. The van der Waals surface area contributed by atoms with Crippen LogP contribution >= 0.6 is 0 Å². The van der Waals surface area contributed by atoms with Gasteiger partial charge in [-0.05, 0) is 48.7 Å². The normalized spacial score (nSPS) is 14.6. The number of nitrogens with one attached hydrogen (secondary N) is 3. The van der Waals surface area contributed by atoms with E-state index < -0.39 is 20.0 Å². The van der Waals surface area contributed by atoms with Gasteiger partial charge in [0.25, 0.3) is 15.9 Å². The molecule has 1 aliphatic rings. The predicted molar refractivity (Wildman–Crippen MR) is 103 cm³/mol. The summed E-state index contributed by atoms with van der Waals surface area (Å²) in [5.41, 5.74) is 1.22. The molecule has 0 amide bonds. The molecule has 0 saturated carbocycles. The van der Waals surface area contributed by atoms with E-state index in [0.29, 0.717) is 12.3 Å². The minimum absolute atomic E-state index is 0.00905. The Morgan fingerprint density at radius 1 is 0.926 bits per heavy atom. The number of aryl methyl sites for hydroxylation is 1. The van der Waals surface area contributed by atoms with Crippen LogP contribution in [0.3, 0.4) is 0 Å². The Kier molecular flexibility index (Phi) is 5.52. The molecule has 144 valence electrons. The molecule has 3 N–H and O–H groups in total. The second kappa shape index (κ2) is 7.69. The maximum absolute atomic E-state index is 12.6. The van der Waals surface area contributed by atoms with E-state index in [1.165, 1.54) is 36.4 Å². The molecule has 2 aromatic carbocycles. The summed E-state index contributed by atoms with van der Waals surface area (Å²) in [4.78, 5) is 3.09. The lowest BCUT2D eigenvalue weighted by molar-refractivity contribution is -0.448. The summed E-state index contributed by atoms with van der Waals surface area (Å²) >= 11 is 0. The van der Waals surface area contributed by atoms with Crippen molar-refractivity contribution < 1.29 is 21.8 Å². The van der Waals surface area contributed by atoms with Crippen molar-refractivity contribution in [2.75, 3.05) is 11.3 Å². The SMILES string of the molecule is CCc1ccc(S(=O)(=O)Nc2cccc(S(=O)(=O)NC3=[NH+]CCC3)c2)cc1. The topological polar surface area (TPSA) is 106 Å². The largest absolute Gasteiger partial charge is 0.328 e. The van der Waals surface area contributed by atoms with Gasteiger partial charge >= 0.3 is 10.0 Å². The van der Waals surface area contributed by atoms with Crippen LogP contribution in [0.25, 0.3) is 0 Å². The number of benzene rings is 2. The van der Waals surface area contributed by atoms with Crippen LogP contribution in [-0.4, -0.2) is 29.2 Å². The molecular formula is C18H22N3O4S2+. The number of hydrogen-bond donors (Lipinski definition) is 3. The quantitative estimate of drug-likeness (QED) is 0.651. The van der Waals surface area contributed by atoms with Crippen LogP contribution < -0.4 is 14.4 Å². The van der Waals surface area contributed by atoms with Gasteiger partial charge in [-0.3, -0.25) is 9.71 Å². The van der Waals surface area contributed by atoms with Gasteiger partial charge in [-0.25, -0.2) is 8.42 Å².